The lowest BCUT2D eigenvalue weighted by Gasteiger charge is -2.18. The highest BCUT2D eigenvalue weighted by atomic mass is 35.5. The summed E-state index contributed by atoms with van der Waals surface area (Å²) < 4.78 is 13.1. The van der Waals surface area contributed by atoms with Crippen molar-refractivity contribution in [2.45, 2.75) is 18.3 Å². The molecule has 0 radical (unpaired) electrons. The zero-order chi connectivity index (χ0) is 14.9. The van der Waals surface area contributed by atoms with E-state index in [0.717, 1.165) is 18.4 Å². The van der Waals surface area contributed by atoms with Gasteiger partial charge in [0.15, 0.2) is 0 Å². The number of nitrogens with one attached hydrogen (secondary N) is 1. The molecule has 1 aliphatic rings. The predicted octanol–water partition coefficient (Wildman–Crippen LogP) is 3.28. The first-order chi connectivity index (χ1) is 10.1. The second kappa shape index (κ2) is 5.30. The van der Waals surface area contributed by atoms with Gasteiger partial charge in [0, 0.05) is 23.0 Å². The van der Waals surface area contributed by atoms with Crippen LogP contribution in [0.3, 0.4) is 0 Å². The Labute approximate surface area is 126 Å². The van der Waals surface area contributed by atoms with Gasteiger partial charge in [-0.25, -0.2) is 4.39 Å². The van der Waals surface area contributed by atoms with E-state index in [-0.39, 0.29) is 11.2 Å². The first kappa shape index (κ1) is 13.8. The van der Waals surface area contributed by atoms with Crippen LogP contribution < -0.4 is 5.32 Å². The molecule has 3 rings (SSSR count). The lowest BCUT2D eigenvalue weighted by molar-refractivity contribution is 0.624. The van der Waals surface area contributed by atoms with Crippen LogP contribution in [0.25, 0.3) is 0 Å². The van der Waals surface area contributed by atoms with Crippen molar-refractivity contribution < 1.29 is 4.39 Å². The first-order valence-electron chi connectivity index (χ1n) is 6.55. The summed E-state index contributed by atoms with van der Waals surface area (Å²) >= 11 is 6.14. The Morgan fingerprint density at radius 3 is 2.86 bits per heavy atom. The molecule has 0 spiro atoms. The largest absolute Gasteiger partial charge is 0.368 e. The van der Waals surface area contributed by atoms with Gasteiger partial charge in [0.05, 0.1) is 11.8 Å². The number of nitriles is 1. The van der Waals surface area contributed by atoms with Crippen LogP contribution in [0.2, 0.25) is 5.02 Å². The van der Waals surface area contributed by atoms with Gasteiger partial charge >= 0.3 is 0 Å². The maximum Gasteiger partial charge on any atom is 0.149 e. The summed E-state index contributed by atoms with van der Waals surface area (Å²) in [6.07, 6.45) is 3.38. The fourth-order valence-electron chi connectivity index (χ4n) is 2.39. The highest BCUT2D eigenvalue weighted by Crippen LogP contribution is 2.50. The molecule has 0 atom stereocenters. The number of hydrogen-bond acceptors (Lipinski definition) is 4. The maximum atomic E-state index is 13.1. The van der Waals surface area contributed by atoms with Crippen molar-refractivity contribution in [2.75, 3.05) is 11.9 Å². The molecule has 6 heteroatoms. The van der Waals surface area contributed by atoms with Crippen LogP contribution in [0, 0.1) is 17.1 Å². The quantitative estimate of drug-likeness (QED) is 0.941. The number of aromatic nitrogens is 2. The van der Waals surface area contributed by atoms with E-state index in [1.807, 2.05) is 6.07 Å². The van der Waals surface area contributed by atoms with Crippen LogP contribution in [-0.2, 0) is 5.41 Å². The van der Waals surface area contributed by atoms with E-state index >= 15 is 0 Å². The average molecular weight is 303 g/mol. The molecular weight excluding hydrogens is 291 g/mol. The molecule has 0 saturated heterocycles. The minimum atomic E-state index is -0.333. The third kappa shape index (κ3) is 2.81. The van der Waals surface area contributed by atoms with Crippen molar-refractivity contribution in [3.8, 4) is 6.07 Å². The Kier molecular flexibility index (Phi) is 3.48. The predicted molar refractivity (Wildman–Crippen MR) is 77.6 cm³/mol. The Bertz CT molecular complexity index is 722. The monoisotopic (exact) mass is 302 g/mol. The molecule has 1 fully saturated rings. The van der Waals surface area contributed by atoms with Gasteiger partial charge in [-0.05, 0) is 30.5 Å². The van der Waals surface area contributed by atoms with Crippen molar-refractivity contribution in [3.05, 3.63) is 52.4 Å². The van der Waals surface area contributed by atoms with Crippen LogP contribution in [0.4, 0.5) is 10.2 Å². The molecule has 106 valence electrons. The molecule has 21 heavy (non-hydrogen) atoms. The molecule has 1 aromatic carbocycles. The number of anilines is 1. The molecule has 0 unspecified atom stereocenters. The SMILES string of the molecule is N#Cc1cnnc(NCC2(c3ccc(F)cc3Cl)CC2)c1. The van der Waals surface area contributed by atoms with Crippen LogP contribution in [0.1, 0.15) is 24.0 Å². The van der Waals surface area contributed by atoms with E-state index in [0.29, 0.717) is 22.9 Å². The minimum Gasteiger partial charge on any atom is -0.368 e. The van der Waals surface area contributed by atoms with Gasteiger partial charge in [-0.1, -0.05) is 17.7 Å². The molecule has 0 amide bonds. The van der Waals surface area contributed by atoms with E-state index < -0.39 is 0 Å². The summed E-state index contributed by atoms with van der Waals surface area (Å²) in [5.41, 5.74) is 1.31. The summed E-state index contributed by atoms with van der Waals surface area (Å²) in [5, 5.41) is 20.2. The van der Waals surface area contributed by atoms with Gasteiger partial charge in [-0.3, -0.25) is 0 Å². The number of benzene rings is 1. The fourth-order valence-corrected chi connectivity index (χ4v) is 2.75. The molecular formula is C15H12ClFN4. The van der Waals surface area contributed by atoms with Crippen molar-refractivity contribution in [1.29, 1.82) is 5.26 Å². The highest BCUT2D eigenvalue weighted by molar-refractivity contribution is 6.31. The lowest BCUT2D eigenvalue weighted by atomic mass is 9.95. The first-order valence-corrected chi connectivity index (χ1v) is 6.93. The normalized spacial score (nSPS) is 15.3. The summed E-state index contributed by atoms with van der Waals surface area (Å²) in [4.78, 5) is 0. The second-order valence-electron chi connectivity index (χ2n) is 5.20. The Hall–Kier alpha value is -2.19. The highest BCUT2D eigenvalue weighted by Gasteiger charge is 2.45. The van der Waals surface area contributed by atoms with Gasteiger partial charge in [0.25, 0.3) is 0 Å². The minimum absolute atomic E-state index is 0.0882. The van der Waals surface area contributed by atoms with Crippen LogP contribution >= 0.6 is 11.6 Å². The van der Waals surface area contributed by atoms with Gasteiger partial charge in [-0.2, -0.15) is 10.4 Å². The van der Waals surface area contributed by atoms with Crippen molar-refractivity contribution in [1.82, 2.24) is 10.2 Å². The Balaban J connectivity index is 1.76. The van der Waals surface area contributed by atoms with Crippen molar-refractivity contribution in [3.63, 3.8) is 0 Å². The molecule has 0 aliphatic heterocycles. The van der Waals surface area contributed by atoms with E-state index in [2.05, 4.69) is 15.5 Å². The van der Waals surface area contributed by atoms with Crippen LogP contribution in [0.5, 0.6) is 0 Å². The number of hydrogen-bond donors (Lipinski definition) is 1. The van der Waals surface area contributed by atoms with Gasteiger partial charge < -0.3 is 5.32 Å². The van der Waals surface area contributed by atoms with E-state index in [1.165, 1.54) is 18.3 Å². The Morgan fingerprint density at radius 1 is 1.38 bits per heavy atom. The molecule has 0 bridgehead atoms. The molecule has 4 nitrogen and oxygen atoms in total. The standard InChI is InChI=1S/C15H12ClFN4/c16-13-6-11(17)1-2-12(13)15(3-4-15)9-19-14-5-10(7-18)8-20-21-14/h1-2,5-6,8H,3-4,9H2,(H,19,21). The Morgan fingerprint density at radius 2 is 2.19 bits per heavy atom. The molecule has 1 saturated carbocycles. The number of rotatable bonds is 4. The third-order valence-corrected chi connectivity index (χ3v) is 4.06. The zero-order valence-corrected chi connectivity index (χ0v) is 11.9. The third-order valence-electron chi connectivity index (χ3n) is 3.75. The van der Waals surface area contributed by atoms with Gasteiger partial charge in [0.2, 0.25) is 0 Å². The maximum absolute atomic E-state index is 13.1. The molecule has 2 aromatic rings. The summed E-state index contributed by atoms with van der Waals surface area (Å²) in [5.74, 6) is 0.221. The van der Waals surface area contributed by atoms with Crippen molar-refractivity contribution in [2.24, 2.45) is 0 Å². The average Bonchev–Trinajstić information content (AvgIpc) is 3.26. The zero-order valence-electron chi connectivity index (χ0n) is 11.1. The fraction of sp³-hybridized carbons (Fsp3) is 0.267. The van der Waals surface area contributed by atoms with E-state index in [4.69, 9.17) is 16.9 Å². The number of nitrogens with zero attached hydrogens (tertiary/aromatic N) is 3. The topological polar surface area (TPSA) is 61.6 Å². The van der Waals surface area contributed by atoms with E-state index in [9.17, 15) is 4.39 Å². The van der Waals surface area contributed by atoms with Gasteiger partial charge in [0.1, 0.15) is 17.7 Å². The van der Waals surface area contributed by atoms with Crippen molar-refractivity contribution >= 4 is 17.4 Å². The lowest BCUT2D eigenvalue weighted by Crippen LogP contribution is -2.20. The smallest absolute Gasteiger partial charge is 0.149 e. The summed E-state index contributed by atoms with van der Waals surface area (Å²) in [6, 6.07) is 8.18. The molecule has 1 heterocycles. The molecule has 1 aromatic heterocycles. The second-order valence-corrected chi connectivity index (χ2v) is 5.61. The number of halogens is 2. The van der Waals surface area contributed by atoms with Crippen LogP contribution in [-0.4, -0.2) is 16.7 Å². The van der Waals surface area contributed by atoms with Crippen LogP contribution in [0.15, 0.2) is 30.5 Å². The molecule has 1 aliphatic carbocycles. The summed E-state index contributed by atoms with van der Waals surface area (Å²) in [7, 11) is 0. The summed E-state index contributed by atoms with van der Waals surface area (Å²) in [6.45, 7) is 0.627. The van der Waals surface area contributed by atoms with E-state index in [1.54, 1.807) is 12.1 Å². The molecule has 1 N–H and O–H groups in total. The van der Waals surface area contributed by atoms with Gasteiger partial charge in [-0.15, -0.1) is 5.10 Å².